The fourth-order valence-corrected chi connectivity index (χ4v) is 3.28. The summed E-state index contributed by atoms with van der Waals surface area (Å²) >= 11 is 7.31. The molecule has 0 unspecified atom stereocenters. The zero-order chi connectivity index (χ0) is 14.1. The number of hydrogen-bond acceptors (Lipinski definition) is 4. The molecule has 2 heterocycles. The predicted octanol–water partition coefficient (Wildman–Crippen LogP) is 2.85. The molecule has 0 atom stereocenters. The Morgan fingerprint density at radius 1 is 1.35 bits per heavy atom. The third-order valence-corrected chi connectivity index (χ3v) is 4.53. The number of amides is 1. The number of carbonyl (C=O) groups is 1. The first-order valence-electron chi connectivity index (χ1n) is 6.38. The quantitative estimate of drug-likeness (QED) is 0.948. The van der Waals surface area contributed by atoms with Crippen molar-refractivity contribution in [2.75, 3.05) is 5.73 Å². The van der Waals surface area contributed by atoms with Crippen molar-refractivity contribution in [2.45, 2.75) is 25.9 Å². The molecule has 2 N–H and O–H groups in total. The summed E-state index contributed by atoms with van der Waals surface area (Å²) in [6.45, 7) is 1.23. The topological polar surface area (TPSA) is 59.2 Å². The molecule has 104 valence electrons. The number of nitrogen functional groups attached to an aromatic ring is 1. The van der Waals surface area contributed by atoms with E-state index in [-0.39, 0.29) is 5.91 Å². The van der Waals surface area contributed by atoms with Gasteiger partial charge in [0.15, 0.2) is 5.13 Å². The molecule has 0 saturated carbocycles. The van der Waals surface area contributed by atoms with Crippen LogP contribution in [0.15, 0.2) is 24.3 Å². The van der Waals surface area contributed by atoms with Crippen LogP contribution in [-0.4, -0.2) is 15.8 Å². The van der Waals surface area contributed by atoms with E-state index in [0.29, 0.717) is 29.7 Å². The molecule has 6 heteroatoms. The molecule has 0 fully saturated rings. The maximum absolute atomic E-state index is 12.2. The van der Waals surface area contributed by atoms with Crippen LogP contribution in [-0.2, 0) is 24.3 Å². The highest BCUT2D eigenvalue weighted by Crippen LogP contribution is 2.29. The number of carbonyl (C=O) groups excluding carboxylic acids is 1. The van der Waals surface area contributed by atoms with Crippen molar-refractivity contribution < 1.29 is 4.79 Å². The van der Waals surface area contributed by atoms with Crippen LogP contribution >= 0.6 is 22.9 Å². The monoisotopic (exact) mass is 307 g/mol. The average molecular weight is 308 g/mol. The van der Waals surface area contributed by atoms with Gasteiger partial charge in [-0.25, -0.2) is 4.98 Å². The highest BCUT2D eigenvalue weighted by Gasteiger charge is 2.26. The number of aromatic nitrogens is 1. The molecule has 0 aliphatic carbocycles. The highest BCUT2D eigenvalue weighted by molar-refractivity contribution is 7.15. The van der Waals surface area contributed by atoms with E-state index in [2.05, 4.69) is 4.98 Å². The summed E-state index contributed by atoms with van der Waals surface area (Å²) in [4.78, 5) is 19.4. The maximum atomic E-state index is 12.2. The smallest absolute Gasteiger partial charge is 0.223 e. The number of rotatable bonds is 3. The standard InChI is InChI=1S/C14H14ClN3OS/c15-10-4-1-9(2-5-10)3-6-13(19)18-7-11-12(8-18)20-14(16)17-11/h1-2,4-5H,3,6-8H2,(H2,16,17). The third-order valence-electron chi connectivity index (χ3n) is 3.36. The van der Waals surface area contributed by atoms with Crippen molar-refractivity contribution in [1.29, 1.82) is 0 Å². The zero-order valence-electron chi connectivity index (χ0n) is 10.8. The average Bonchev–Trinajstić information content (AvgIpc) is 2.95. The summed E-state index contributed by atoms with van der Waals surface area (Å²) in [5.41, 5.74) is 7.73. The van der Waals surface area contributed by atoms with Gasteiger partial charge in [-0.3, -0.25) is 4.79 Å². The highest BCUT2D eigenvalue weighted by atomic mass is 35.5. The van der Waals surface area contributed by atoms with Crippen LogP contribution in [0.4, 0.5) is 5.13 Å². The molecule has 0 saturated heterocycles. The molecular formula is C14H14ClN3OS. The van der Waals surface area contributed by atoms with Gasteiger partial charge in [0.2, 0.25) is 5.91 Å². The molecule has 3 rings (SSSR count). The van der Waals surface area contributed by atoms with Crippen molar-refractivity contribution in [3.8, 4) is 0 Å². The lowest BCUT2D eigenvalue weighted by molar-refractivity contribution is -0.131. The molecular weight excluding hydrogens is 294 g/mol. The summed E-state index contributed by atoms with van der Waals surface area (Å²) in [5, 5.41) is 1.30. The van der Waals surface area contributed by atoms with Crippen molar-refractivity contribution in [3.63, 3.8) is 0 Å². The van der Waals surface area contributed by atoms with E-state index in [1.807, 2.05) is 29.2 Å². The Morgan fingerprint density at radius 2 is 2.10 bits per heavy atom. The zero-order valence-corrected chi connectivity index (χ0v) is 12.4. The van der Waals surface area contributed by atoms with Crippen LogP contribution in [0, 0.1) is 0 Å². The first kappa shape index (κ1) is 13.4. The van der Waals surface area contributed by atoms with Crippen molar-refractivity contribution in [1.82, 2.24) is 9.88 Å². The Kier molecular flexibility index (Phi) is 3.63. The van der Waals surface area contributed by atoms with Crippen molar-refractivity contribution in [3.05, 3.63) is 45.4 Å². The lowest BCUT2D eigenvalue weighted by Gasteiger charge is -2.15. The minimum atomic E-state index is 0.156. The van der Waals surface area contributed by atoms with Gasteiger partial charge in [-0.2, -0.15) is 0 Å². The number of halogens is 1. The summed E-state index contributed by atoms with van der Waals surface area (Å²) in [6.07, 6.45) is 1.24. The van der Waals surface area contributed by atoms with Gasteiger partial charge in [-0.1, -0.05) is 23.7 Å². The molecule has 1 aliphatic rings. The normalized spacial score (nSPS) is 13.6. The first-order valence-corrected chi connectivity index (χ1v) is 7.57. The van der Waals surface area contributed by atoms with E-state index < -0.39 is 0 Å². The van der Waals surface area contributed by atoms with Crippen LogP contribution < -0.4 is 5.73 Å². The Labute approximate surface area is 126 Å². The first-order chi connectivity index (χ1) is 9.61. The number of benzene rings is 1. The van der Waals surface area contributed by atoms with Crippen LogP contribution in [0.3, 0.4) is 0 Å². The lowest BCUT2D eigenvalue weighted by atomic mass is 10.1. The van der Waals surface area contributed by atoms with E-state index in [1.54, 1.807) is 0 Å². The summed E-state index contributed by atoms with van der Waals surface area (Å²) in [5.74, 6) is 0.156. The van der Waals surface area contributed by atoms with E-state index >= 15 is 0 Å². The molecule has 0 spiro atoms. The van der Waals surface area contributed by atoms with Gasteiger partial charge in [0, 0.05) is 11.4 Å². The number of nitrogens with zero attached hydrogens (tertiary/aromatic N) is 2. The van der Waals surface area contributed by atoms with Gasteiger partial charge < -0.3 is 10.6 Å². The Hall–Kier alpha value is -1.59. The van der Waals surface area contributed by atoms with Gasteiger partial charge in [-0.15, -0.1) is 11.3 Å². The minimum absolute atomic E-state index is 0.156. The van der Waals surface area contributed by atoms with Crippen molar-refractivity contribution >= 4 is 34.0 Å². The molecule has 4 nitrogen and oxygen atoms in total. The molecule has 20 heavy (non-hydrogen) atoms. The Balaban J connectivity index is 1.56. The van der Waals surface area contributed by atoms with Crippen molar-refractivity contribution in [2.24, 2.45) is 0 Å². The number of fused-ring (bicyclic) bond motifs is 1. The number of aryl methyl sites for hydroxylation is 1. The number of nitrogens with two attached hydrogens (primary N) is 1. The molecule has 1 amide bonds. The van der Waals surface area contributed by atoms with E-state index in [0.717, 1.165) is 22.6 Å². The Bertz CT molecular complexity index is 615. The van der Waals surface area contributed by atoms with Gasteiger partial charge in [-0.05, 0) is 24.1 Å². The largest absolute Gasteiger partial charge is 0.375 e. The summed E-state index contributed by atoms with van der Waals surface area (Å²) in [7, 11) is 0. The number of hydrogen-bond donors (Lipinski definition) is 1. The molecule has 2 aromatic rings. The van der Waals surface area contributed by atoms with Crippen LogP contribution in [0.2, 0.25) is 5.02 Å². The fraction of sp³-hybridized carbons (Fsp3) is 0.286. The lowest BCUT2D eigenvalue weighted by Crippen LogP contribution is -2.25. The maximum Gasteiger partial charge on any atom is 0.223 e. The van der Waals surface area contributed by atoms with E-state index in [4.69, 9.17) is 17.3 Å². The second-order valence-corrected chi connectivity index (χ2v) is 6.35. The minimum Gasteiger partial charge on any atom is -0.375 e. The summed E-state index contributed by atoms with van der Waals surface area (Å²) in [6, 6.07) is 7.61. The van der Waals surface area contributed by atoms with E-state index in [1.165, 1.54) is 11.3 Å². The molecule has 1 aromatic heterocycles. The number of thiazole rings is 1. The SMILES string of the molecule is Nc1nc2c(s1)CN(C(=O)CCc1ccc(Cl)cc1)C2. The molecule has 1 aliphatic heterocycles. The second-order valence-electron chi connectivity index (χ2n) is 4.80. The number of anilines is 1. The van der Waals surface area contributed by atoms with Gasteiger partial charge in [0.25, 0.3) is 0 Å². The van der Waals surface area contributed by atoms with E-state index in [9.17, 15) is 4.79 Å². The van der Waals surface area contributed by atoms with Gasteiger partial charge >= 0.3 is 0 Å². The molecule has 0 radical (unpaired) electrons. The third kappa shape index (κ3) is 2.78. The summed E-state index contributed by atoms with van der Waals surface area (Å²) < 4.78 is 0. The van der Waals surface area contributed by atoms with Gasteiger partial charge in [0.1, 0.15) is 0 Å². The molecule has 0 bridgehead atoms. The van der Waals surface area contributed by atoms with Crippen LogP contribution in [0.1, 0.15) is 22.6 Å². The fourth-order valence-electron chi connectivity index (χ4n) is 2.30. The van der Waals surface area contributed by atoms with Gasteiger partial charge in [0.05, 0.1) is 23.7 Å². The molecule has 1 aromatic carbocycles. The van der Waals surface area contributed by atoms with Crippen LogP contribution in [0.25, 0.3) is 0 Å². The second kappa shape index (κ2) is 5.42. The van der Waals surface area contributed by atoms with Crippen LogP contribution in [0.5, 0.6) is 0 Å². The Morgan fingerprint density at radius 3 is 2.80 bits per heavy atom. The predicted molar refractivity (Wildman–Crippen MR) is 80.6 cm³/mol.